The number of carbonyl (C=O) groups is 3. The molecule has 0 aromatic carbocycles. The molecule has 2 bridgehead atoms. The number of nitrogens with one attached hydrogen (secondary N) is 1. The van der Waals surface area contributed by atoms with Gasteiger partial charge in [-0.25, -0.2) is 14.6 Å². The number of carbonyl (C=O) groups excluding carboxylic acids is 3. The van der Waals surface area contributed by atoms with Crippen LogP contribution in [0.4, 0.5) is 4.79 Å². The van der Waals surface area contributed by atoms with E-state index < -0.39 is 18.2 Å². The van der Waals surface area contributed by atoms with Gasteiger partial charge in [0, 0.05) is 38.5 Å². The third-order valence-electron chi connectivity index (χ3n) is 7.40. The van der Waals surface area contributed by atoms with Gasteiger partial charge < -0.3 is 33.4 Å². The lowest BCUT2D eigenvalue weighted by molar-refractivity contribution is -0.163. The number of hydrogen-bond acceptors (Lipinski definition) is 10. The number of esters is 2. The third kappa shape index (κ3) is 12.0. The molecule has 1 N–H and O–H groups in total. The smallest absolute Gasteiger partial charge is 0.407 e. The summed E-state index contributed by atoms with van der Waals surface area (Å²) in [4.78, 5) is 41.2. The first-order valence-corrected chi connectivity index (χ1v) is 15.0. The molecule has 0 radical (unpaired) electrons. The van der Waals surface area contributed by atoms with E-state index in [0.29, 0.717) is 50.0 Å². The number of methoxy groups -OCH3 is 2. The van der Waals surface area contributed by atoms with Crippen LogP contribution in [-0.4, -0.2) is 74.3 Å². The minimum atomic E-state index is -0.515. The summed E-state index contributed by atoms with van der Waals surface area (Å²) in [6.07, 6.45) is 12.3. The molecule has 1 amide bonds. The van der Waals surface area contributed by atoms with Crippen LogP contribution in [0.2, 0.25) is 0 Å². The maximum Gasteiger partial charge on any atom is 0.407 e. The molecule has 0 spiro atoms. The molecule has 1 aromatic heterocycles. The normalized spacial score (nSPS) is 26.4. The lowest BCUT2D eigenvalue weighted by atomic mass is 9.95. The van der Waals surface area contributed by atoms with Crippen molar-refractivity contribution >= 4 is 24.1 Å². The molecule has 1 fully saturated rings. The van der Waals surface area contributed by atoms with Gasteiger partial charge in [0.25, 0.3) is 0 Å². The molecule has 43 heavy (non-hydrogen) atoms. The molecule has 3 heterocycles. The van der Waals surface area contributed by atoms with Crippen molar-refractivity contribution in [2.75, 3.05) is 20.8 Å². The molecule has 5 atom stereocenters. The second-order valence-electron chi connectivity index (χ2n) is 11.1. The van der Waals surface area contributed by atoms with E-state index in [4.69, 9.17) is 23.4 Å². The van der Waals surface area contributed by atoms with Gasteiger partial charge in [0.05, 0.1) is 37.5 Å². The average Bonchev–Trinajstić information content (AvgIpc) is 3.41. The van der Waals surface area contributed by atoms with Crippen LogP contribution in [0.25, 0.3) is 6.08 Å². The molecule has 0 saturated carbocycles. The summed E-state index contributed by atoms with van der Waals surface area (Å²) < 4.78 is 33.6. The van der Waals surface area contributed by atoms with Crippen molar-refractivity contribution in [2.45, 2.75) is 109 Å². The summed E-state index contributed by atoms with van der Waals surface area (Å²) in [7, 11) is 2.98. The van der Waals surface area contributed by atoms with Crippen molar-refractivity contribution in [1.82, 2.24) is 10.3 Å². The minimum absolute atomic E-state index is 0.0588. The summed E-state index contributed by atoms with van der Waals surface area (Å²) in [5.74, 6) is -0.271. The Hall–Kier alpha value is -3.44. The molecular weight excluding hydrogens is 556 g/mol. The second kappa shape index (κ2) is 17.6. The first-order chi connectivity index (χ1) is 20.7. The molecule has 0 unspecified atom stereocenters. The minimum Gasteiger partial charge on any atom is -0.462 e. The number of amides is 1. The van der Waals surface area contributed by atoms with Crippen molar-refractivity contribution in [2.24, 2.45) is 0 Å². The average molecular weight is 603 g/mol. The molecule has 0 aliphatic carbocycles. The number of rotatable bonds is 11. The highest BCUT2D eigenvalue weighted by Crippen LogP contribution is 2.29. The molecule has 3 rings (SSSR count). The number of cyclic esters (lactones) is 1. The number of oxazole rings is 1. The summed E-state index contributed by atoms with van der Waals surface area (Å²) in [5, 5.41) is 2.53. The van der Waals surface area contributed by atoms with E-state index in [-0.39, 0.29) is 43.4 Å². The Labute approximate surface area is 254 Å². The molecule has 2 aliphatic rings. The van der Waals surface area contributed by atoms with E-state index >= 15 is 0 Å². The Morgan fingerprint density at radius 2 is 1.98 bits per heavy atom. The molecule has 11 heteroatoms. The van der Waals surface area contributed by atoms with Gasteiger partial charge in [-0.05, 0) is 45.6 Å². The fraction of sp³-hybridized carbons (Fsp3) is 0.625. The molecule has 2 aliphatic heterocycles. The van der Waals surface area contributed by atoms with Crippen LogP contribution in [-0.2, 0) is 39.7 Å². The Morgan fingerprint density at radius 3 is 2.72 bits per heavy atom. The number of allylic oxidation sites excluding steroid dienone is 1. The first-order valence-electron chi connectivity index (χ1n) is 15.0. The van der Waals surface area contributed by atoms with E-state index in [0.717, 1.165) is 24.1 Å². The van der Waals surface area contributed by atoms with Crippen molar-refractivity contribution in [1.29, 1.82) is 0 Å². The van der Waals surface area contributed by atoms with Gasteiger partial charge in [0.1, 0.15) is 18.5 Å². The molecule has 1 saturated heterocycles. The number of fused-ring (bicyclic) bond motifs is 2. The van der Waals surface area contributed by atoms with Crippen LogP contribution in [0.1, 0.15) is 83.7 Å². The van der Waals surface area contributed by atoms with Gasteiger partial charge >= 0.3 is 18.0 Å². The maximum absolute atomic E-state index is 13.0. The monoisotopic (exact) mass is 602 g/mol. The van der Waals surface area contributed by atoms with E-state index in [1.165, 1.54) is 7.11 Å². The summed E-state index contributed by atoms with van der Waals surface area (Å²) in [6.45, 7) is 6.14. The van der Waals surface area contributed by atoms with Gasteiger partial charge in [-0.2, -0.15) is 0 Å². The quantitative estimate of drug-likeness (QED) is 0.155. The van der Waals surface area contributed by atoms with Crippen LogP contribution < -0.4 is 5.32 Å². The highest BCUT2D eigenvalue weighted by atomic mass is 16.6. The molecule has 238 valence electrons. The van der Waals surface area contributed by atoms with Crippen LogP contribution in [0.15, 0.2) is 40.1 Å². The van der Waals surface area contributed by atoms with Crippen LogP contribution >= 0.6 is 0 Å². The molecule has 11 nitrogen and oxygen atoms in total. The molecular formula is C32H46N2O9. The van der Waals surface area contributed by atoms with Gasteiger partial charge in [-0.3, -0.25) is 4.79 Å². The number of alkyl carbamates (subject to hydrolysis) is 1. The summed E-state index contributed by atoms with van der Waals surface area (Å²) in [6, 6.07) is 0. The highest BCUT2D eigenvalue weighted by molar-refractivity contribution is 5.87. The maximum atomic E-state index is 13.0. The number of hydrogen-bond donors (Lipinski definition) is 1. The first kappa shape index (κ1) is 34.1. The van der Waals surface area contributed by atoms with Gasteiger partial charge in [0.15, 0.2) is 0 Å². The largest absolute Gasteiger partial charge is 0.462 e. The Kier molecular flexibility index (Phi) is 14.0. The van der Waals surface area contributed by atoms with Crippen molar-refractivity contribution in [3.8, 4) is 0 Å². The highest BCUT2D eigenvalue weighted by Gasteiger charge is 2.34. The van der Waals surface area contributed by atoms with E-state index in [2.05, 4.69) is 35.0 Å². The Morgan fingerprint density at radius 1 is 1.16 bits per heavy atom. The number of ether oxygens (including phenoxy) is 5. The van der Waals surface area contributed by atoms with Crippen LogP contribution in [0.5, 0.6) is 0 Å². The third-order valence-corrected chi connectivity index (χ3v) is 7.40. The van der Waals surface area contributed by atoms with Crippen molar-refractivity contribution in [3.05, 3.63) is 47.2 Å². The molecule has 1 aromatic rings. The van der Waals surface area contributed by atoms with Gasteiger partial charge in [-0.1, -0.05) is 37.1 Å². The zero-order chi connectivity index (χ0) is 31.2. The number of aryl methyl sites for hydroxylation is 1. The lowest BCUT2D eigenvalue weighted by Crippen LogP contribution is -2.39. The fourth-order valence-electron chi connectivity index (χ4n) is 5.26. The lowest BCUT2D eigenvalue weighted by Gasteiger charge is -2.35. The number of aromatic nitrogens is 1. The van der Waals surface area contributed by atoms with E-state index in [1.54, 1.807) is 32.4 Å². The Bertz CT molecular complexity index is 1160. The topological polar surface area (TPSA) is 135 Å². The van der Waals surface area contributed by atoms with Crippen molar-refractivity contribution < 1.29 is 42.5 Å². The van der Waals surface area contributed by atoms with Crippen LogP contribution in [0, 0.1) is 0 Å². The van der Waals surface area contributed by atoms with Gasteiger partial charge in [-0.15, -0.1) is 0 Å². The van der Waals surface area contributed by atoms with Gasteiger partial charge in [0.2, 0.25) is 5.89 Å². The van der Waals surface area contributed by atoms with E-state index in [1.807, 2.05) is 6.08 Å². The van der Waals surface area contributed by atoms with Crippen molar-refractivity contribution in [3.63, 3.8) is 0 Å². The predicted molar refractivity (Wildman–Crippen MR) is 159 cm³/mol. The zero-order valence-electron chi connectivity index (χ0n) is 26.0. The summed E-state index contributed by atoms with van der Waals surface area (Å²) >= 11 is 0. The summed E-state index contributed by atoms with van der Waals surface area (Å²) in [5.41, 5.74) is 2.38. The van der Waals surface area contributed by atoms with E-state index in [9.17, 15) is 14.4 Å². The Balaban J connectivity index is 1.56. The zero-order valence-corrected chi connectivity index (χ0v) is 26.0. The van der Waals surface area contributed by atoms with Crippen LogP contribution in [0.3, 0.4) is 0 Å². The predicted octanol–water partition coefficient (Wildman–Crippen LogP) is 5.24. The second-order valence-corrected chi connectivity index (χ2v) is 11.1. The fourth-order valence-corrected chi connectivity index (χ4v) is 5.26. The standard InChI is InChI=1S/C32H46N2O9/c1-6-9-24-16-25(38-4)14-21(2)15-26-17-27(18-28(41-26)19-30(35)42-24)43-31(36)22(3)10-7-11-23-20-40-29(34-23)12-8-13-33-32(37)39-5/h8,10,12,15,20,24-28H,6-7,9,11,13-14,16-19H2,1-5H3,(H,33,37)/b12-8-,21-15-,22-10-/t24-,25-,26+,27+,28+/m0/s1. The SMILES string of the molecule is CCC[C@H]1C[C@@H](OC)C/C(C)=C\[C@@H]2C[C@@H](OC(=O)/C(C)=C\CCc3coc(/C=C\CNC(=O)OC)n3)C[C@H](CC(=O)O1)O2. The number of nitrogens with zero attached hydrogens (tertiary/aromatic N) is 1.